The van der Waals surface area contributed by atoms with E-state index >= 15 is 0 Å². The number of halogens is 1. The first-order chi connectivity index (χ1) is 21.0. The first-order valence-electron chi connectivity index (χ1n) is 14.4. The SMILES string of the molecule is CCc1cc(C)c(C(=O)c2ccccc2)n1C.Cc1cc(C(C)c2ccc([N+](=O)[O-])cc2F)n(C)c1C(=O)c1ccccc1. The summed E-state index contributed by atoms with van der Waals surface area (Å²) in [6.45, 7) is 7.76. The maximum absolute atomic E-state index is 14.4. The highest BCUT2D eigenvalue weighted by Gasteiger charge is 2.24. The molecule has 0 N–H and O–H groups in total. The Hall–Kier alpha value is -5.11. The van der Waals surface area contributed by atoms with Gasteiger partial charge in [0.25, 0.3) is 5.69 Å². The van der Waals surface area contributed by atoms with E-state index in [1.807, 2.05) is 74.9 Å². The first-order valence-corrected chi connectivity index (χ1v) is 14.4. The van der Waals surface area contributed by atoms with Crippen molar-refractivity contribution >= 4 is 17.3 Å². The lowest BCUT2D eigenvalue weighted by Crippen LogP contribution is -2.12. The summed E-state index contributed by atoms with van der Waals surface area (Å²) in [5.74, 6) is -0.998. The molecule has 8 heteroatoms. The monoisotopic (exact) mass is 593 g/mol. The fourth-order valence-corrected chi connectivity index (χ4v) is 5.61. The van der Waals surface area contributed by atoms with Crippen LogP contribution in [0.3, 0.4) is 0 Å². The third-order valence-electron chi connectivity index (χ3n) is 7.95. The zero-order valence-electron chi connectivity index (χ0n) is 25.8. The highest BCUT2D eigenvalue weighted by molar-refractivity contribution is 6.09. The number of nitro groups is 1. The minimum Gasteiger partial charge on any atom is -0.345 e. The third kappa shape index (κ3) is 6.44. The lowest BCUT2D eigenvalue weighted by molar-refractivity contribution is -0.385. The van der Waals surface area contributed by atoms with Crippen LogP contribution in [0.25, 0.3) is 0 Å². The van der Waals surface area contributed by atoms with Crippen molar-refractivity contribution in [2.75, 3.05) is 0 Å². The lowest BCUT2D eigenvalue weighted by Gasteiger charge is -2.15. The molecule has 7 nitrogen and oxygen atoms in total. The smallest absolute Gasteiger partial charge is 0.272 e. The summed E-state index contributed by atoms with van der Waals surface area (Å²) in [4.78, 5) is 35.5. The Balaban J connectivity index is 0.000000223. The highest BCUT2D eigenvalue weighted by atomic mass is 19.1. The van der Waals surface area contributed by atoms with Gasteiger partial charge < -0.3 is 9.13 Å². The highest BCUT2D eigenvalue weighted by Crippen LogP contribution is 2.31. The number of hydrogen-bond acceptors (Lipinski definition) is 4. The third-order valence-corrected chi connectivity index (χ3v) is 7.95. The van der Waals surface area contributed by atoms with Crippen LogP contribution in [0, 0.1) is 29.8 Å². The van der Waals surface area contributed by atoms with Crippen molar-refractivity contribution in [1.29, 1.82) is 0 Å². The molecule has 0 amide bonds. The van der Waals surface area contributed by atoms with Crippen molar-refractivity contribution in [3.05, 3.63) is 158 Å². The summed E-state index contributed by atoms with van der Waals surface area (Å²) in [5, 5.41) is 10.8. The van der Waals surface area contributed by atoms with Gasteiger partial charge in [0.2, 0.25) is 11.6 Å². The number of aromatic nitrogens is 2. The molecule has 3 aromatic carbocycles. The summed E-state index contributed by atoms with van der Waals surface area (Å²) >= 11 is 0. The lowest BCUT2D eigenvalue weighted by atomic mass is 9.96. The van der Waals surface area contributed by atoms with Crippen LogP contribution in [0.5, 0.6) is 0 Å². The van der Waals surface area contributed by atoms with E-state index in [1.165, 1.54) is 17.8 Å². The largest absolute Gasteiger partial charge is 0.345 e. The zero-order chi connectivity index (χ0) is 32.1. The van der Waals surface area contributed by atoms with E-state index in [0.717, 1.165) is 40.6 Å². The Morgan fingerprint density at radius 3 is 1.75 bits per heavy atom. The number of rotatable bonds is 8. The molecule has 226 valence electrons. The van der Waals surface area contributed by atoms with Gasteiger partial charge in [-0.1, -0.05) is 74.5 Å². The molecule has 5 rings (SSSR count). The topological polar surface area (TPSA) is 87.1 Å². The number of benzene rings is 3. The van der Waals surface area contributed by atoms with Crippen LogP contribution in [0.1, 0.15) is 79.9 Å². The molecule has 1 unspecified atom stereocenters. The molecular weight excluding hydrogens is 557 g/mol. The molecule has 1 atom stereocenters. The quantitative estimate of drug-likeness (QED) is 0.104. The van der Waals surface area contributed by atoms with Crippen LogP contribution in [0.4, 0.5) is 10.1 Å². The van der Waals surface area contributed by atoms with Gasteiger partial charge in [-0.15, -0.1) is 0 Å². The van der Waals surface area contributed by atoms with Gasteiger partial charge in [0.15, 0.2) is 0 Å². The second kappa shape index (κ2) is 13.5. The summed E-state index contributed by atoms with van der Waals surface area (Å²) in [6.07, 6.45) is 0.944. The van der Waals surface area contributed by atoms with E-state index in [1.54, 1.807) is 35.9 Å². The minimum absolute atomic E-state index is 0.0989. The molecule has 0 aliphatic heterocycles. The molecule has 0 fully saturated rings. The van der Waals surface area contributed by atoms with Gasteiger partial charge in [-0.25, -0.2) is 4.39 Å². The molecular formula is C36H36FN3O4. The number of nitro benzene ring substituents is 1. The van der Waals surface area contributed by atoms with Crippen LogP contribution >= 0.6 is 0 Å². The summed E-state index contributed by atoms with van der Waals surface area (Å²) in [6, 6.07) is 26.0. The molecule has 0 aliphatic carbocycles. The second-order valence-electron chi connectivity index (χ2n) is 10.8. The molecule has 0 spiro atoms. The summed E-state index contributed by atoms with van der Waals surface area (Å²) < 4.78 is 18.2. The van der Waals surface area contributed by atoms with Gasteiger partial charge >= 0.3 is 0 Å². The van der Waals surface area contributed by atoms with Crippen LogP contribution < -0.4 is 0 Å². The number of aryl methyl sites for hydroxylation is 3. The van der Waals surface area contributed by atoms with Crippen LogP contribution in [-0.4, -0.2) is 25.6 Å². The van der Waals surface area contributed by atoms with Gasteiger partial charge in [0, 0.05) is 48.6 Å². The minimum atomic E-state index is -0.633. The van der Waals surface area contributed by atoms with Gasteiger partial charge in [-0.05, 0) is 55.2 Å². The van der Waals surface area contributed by atoms with Crippen LogP contribution in [0.2, 0.25) is 0 Å². The number of carbonyl (C=O) groups is 2. The number of non-ortho nitro benzene ring substituents is 1. The van der Waals surface area contributed by atoms with Crippen molar-refractivity contribution in [3.63, 3.8) is 0 Å². The molecule has 0 radical (unpaired) electrons. The van der Waals surface area contributed by atoms with E-state index in [-0.39, 0.29) is 23.2 Å². The Labute approximate surface area is 256 Å². The Morgan fingerprint density at radius 1 is 0.795 bits per heavy atom. The molecule has 0 saturated heterocycles. The summed E-state index contributed by atoms with van der Waals surface area (Å²) in [7, 11) is 3.74. The number of nitrogens with zero attached hydrogens (tertiary/aromatic N) is 3. The van der Waals surface area contributed by atoms with Crippen LogP contribution in [0.15, 0.2) is 91.0 Å². The maximum atomic E-state index is 14.4. The number of ketones is 2. The number of carbonyl (C=O) groups excluding carboxylic acids is 2. The fraction of sp³-hybridized carbons (Fsp3) is 0.222. The Kier molecular flexibility index (Phi) is 9.73. The van der Waals surface area contributed by atoms with E-state index in [9.17, 15) is 24.1 Å². The maximum Gasteiger partial charge on any atom is 0.272 e. The summed E-state index contributed by atoms with van der Waals surface area (Å²) in [5.41, 5.74) is 6.56. The van der Waals surface area contributed by atoms with Crippen molar-refractivity contribution < 1.29 is 18.9 Å². The van der Waals surface area contributed by atoms with E-state index in [2.05, 4.69) is 13.0 Å². The molecule has 0 bridgehead atoms. The van der Waals surface area contributed by atoms with Crippen molar-refractivity contribution in [2.24, 2.45) is 14.1 Å². The second-order valence-corrected chi connectivity index (χ2v) is 10.8. The van der Waals surface area contributed by atoms with Gasteiger partial charge in [0.05, 0.1) is 22.4 Å². The molecule has 2 aromatic heterocycles. The molecule has 2 heterocycles. The molecule has 0 aliphatic rings. The molecule has 5 aromatic rings. The Morgan fingerprint density at radius 2 is 1.30 bits per heavy atom. The zero-order valence-corrected chi connectivity index (χ0v) is 25.8. The predicted octanol–water partition coefficient (Wildman–Crippen LogP) is 7.89. The molecule has 44 heavy (non-hydrogen) atoms. The van der Waals surface area contributed by atoms with Crippen molar-refractivity contribution in [2.45, 2.75) is 40.0 Å². The average molecular weight is 594 g/mol. The van der Waals surface area contributed by atoms with Gasteiger partial charge in [-0.3, -0.25) is 19.7 Å². The van der Waals surface area contributed by atoms with E-state index < -0.39 is 10.7 Å². The van der Waals surface area contributed by atoms with Gasteiger partial charge in [0.1, 0.15) is 5.82 Å². The first kappa shape index (κ1) is 31.8. The van der Waals surface area contributed by atoms with Crippen molar-refractivity contribution in [3.8, 4) is 0 Å². The standard InChI is InChI=1S/C21H19FN2O3.C15H17NO/c1-13-11-19(14(2)17-10-9-16(24(26)27)12-18(17)22)23(3)20(13)21(25)15-7-5-4-6-8-15;1-4-13-10-11(2)14(16(13)3)15(17)12-8-6-5-7-9-12/h4-12,14H,1-3H3;5-10H,4H2,1-3H3. The Bertz CT molecular complexity index is 1820. The van der Waals surface area contributed by atoms with E-state index in [0.29, 0.717) is 16.8 Å². The van der Waals surface area contributed by atoms with Crippen LogP contribution in [-0.2, 0) is 20.5 Å². The molecule has 0 saturated carbocycles. The van der Waals surface area contributed by atoms with E-state index in [4.69, 9.17) is 0 Å². The number of hydrogen-bond donors (Lipinski definition) is 0. The normalized spacial score (nSPS) is 11.4. The predicted molar refractivity (Wildman–Crippen MR) is 170 cm³/mol. The van der Waals surface area contributed by atoms with Gasteiger partial charge in [-0.2, -0.15) is 0 Å². The van der Waals surface area contributed by atoms with Crippen molar-refractivity contribution in [1.82, 2.24) is 9.13 Å². The fourth-order valence-electron chi connectivity index (χ4n) is 5.61. The average Bonchev–Trinajstić information content (AvgIpc) is 3.49.